The van der Waals surface area contributed by atoms with E-state index in [9.17, 15) is 4.79 Å². The number of carbonyl (C=O) groups is 1. The molecular formula is C23H28N3OS+. The lowest BCUT2D eigenvalue weighted by atomic mass is 10.0. The minimum Gasteiger partial charge on any atom is -0.351 e. The van der Waals surface area contributed by atoms with Crippen molar-refractivity contribution in [3.8, 4) is 0 Å². The van der Waals surface area contributed by atoms with Gasteiger partial charge in [-0.15, -0.1) is 11.3 Å². The van der Waals surface area contributed by atoms with Gasteiger partial charge in [-0.25, -0.2) is 4.98 Å². The molecule has 2 heterocycles. The van der Waals surface area contributed by atoms with Crippen LogP contribution in [0.4, 0.5) is 0 Å². The molecule has 0 spiro atoms. The predicted octanol–water partition coefficient (Wildman–Crippen LogP) is 3.07. The number of aryl methyl sites for hydroxylation is 1. The van der Waals surface area contributed by atoms with Crippen molar-refractivity contribution >= 4 is 27.5 Å². The minimum absolute atomic E-state index is 0.150. The van der Waals surface area contributed by atoms with Crippen molar-refractivity contribution in [3.63, 3.8) is 0 Å². The summed E-state index contributed by atoms with van der Waals surface area (Å²) in [7, 11) is 0. The van der Waals surface area contributed by atoms with Crippen LogP contribution in [-0.2, 0) is 11.2 Å². The highest BCUT2D eigenvalue weighted by Gasteiger charge is 2.31. The van der Waals surface area contributed by atoms with Gasteiger partial charge in [0.25, 0.3) is 5.91 Å². The van der Waals surface area contributed by atoms with Crippen molar-refractivity contribution < 1.29 is 9.69 Å². The summed E-state index contributed by atoms with van der Waals surface area (Å²) in [5.74, 6) is 0.150. The van der Waals surface area contributed by atoms with Crippen molar-refractivity contribution in [3.05, 3.63) is 64.7 Å². The molecule has 0 saturated carbocycles. The van der Waals surface area contributed by atoms with Crippen LogP contribution in [-0.4, -0.2) is 30.5 Å². The normalized spacial score (nSPS) is 19.6. The summed E-state index contributed by atoms with van der Waals surface area (Å²) in [6.45, 7) is 4.40. The molecule has 4 rings (SSSR count). The molecule has 1 aromatic heterocycles. The minimum atomic E-state index is 0.150. The molecule has 1 saturated heterocycles. The molecule has 0 aliphatic carbocycles. The number of quaternary nitrogens is 1. The first-order valence-electron chi connectivity index (χ1n) is 10.2. The van der Waals surface area contributed by atoms with E-state index in [4.69, 9.17) is 4.98 Å². The van der Waals surface area contributed by atoms with E-state index in [1.807, 2.05) is 6.07 Å². The number of benzene rings is 2. The van der Waals surface area contributed by atoms with Crippen molar-refractivity contribution in [2.45, 2.75) is 38.6 Å². The number of hydrogen-bond acceptors (Lipinski definition) is 3. The SMILES string of the molecule is Cc1ccccc1CCNC(=O)C[NH+]1CCCC[C@H]1c1nc2ccccc2s1. The monoisotopic (exact) mass is 394 g/mol. The predicted molar refractivity (Wildman–Crippen MR) is 115 cm³/mol. The summed E-state index contributed by atoms with van der Waals surface area (Å²) in [4.78, 5) is 18.8. The number of rotatable bonds is 6. The molecule has 1 amide bonds. The average molecular weight is 395 g/mol. The van der Waals surface area contributed by atoms with Crippen LogP contribution >= 0.6 is 11.3 Å². The molecule has 2 aromatic carbocycles. The Bertz CT molecular complexity index is 919. The fourth-order valence-electron chi connectivity index (χ4n) is 4.12. The number of hydrogen-bond donors (Lipinski definition) is 2. The highest BCUT2D eigenvalue weighted by Crippen LogP contribution is 2.28. The Morgan fingerprint density at radius 1 is 1.18 bits per heavy atom. The van der Waals surface area contributed by atoms with Crippen LogP contribution in [0.1, 0.15) is 41.4 Å². The van der Waals surface area contributed by atoms with Crippen LogP contribution < -0.4 is 10.2 Å². The van der Waals surface area contributed by atoms with Gasteiger partial charge in [-0.05, 0) is 49.4 Å². The fourth-order valence-corrected chi connectivity index (χ4v) is 5.28. The Kier molecular flexibility index (Phi) is 6.03. The van der Waals surface area contributed by atoms with Gasteiger partial charge in [0.05, 0.1) is 16.8 Å². The largest absolute Gasteiger partial charge is 0.351 e. The van der Waals surface area contributed by atoms with E-state index in [0.717, 1.165) is 24.9 Å². The molecule has 2 atom stereocenters. The molecule has 1 unspecified atom stereocenters. The third-order valence-electron chi connectivity index (χ3n) is 5.71. The second kappa shape index (κ2) is 8.84. The summed E-state index contributed by atoms with van der Waals surface area (Å²) in [5.41, 5.74) is 3.67. The summed E-state index contributed by atoms with van der Waals surface area (Å²) in [6.07, 6.45) is 4.41. The van der Waals surface area contributed by atoms with Gasteiger partial charge < -0.3 is 10.2 Å². The van der Waals surface area contributed by atoms with Crippen LogP contribution in [0, 0.1) is 6.92 Å². The molecule has 28 heavy (non-hydrogen) atoms. The number of fused-ring (bicyclic) bond motifs is 1. The Balaban J connectivity index is 1.36. The number of nitrogens with one attached hydrogen (secondary N) is 2. The number of amides is 1. The number of aromatic nitrogens is 1. The molecule has 1 fully saturated rings. The average Bonchev–Trinajstić information content (AvgIpc) is 3.14. The molecule has 1 aliphatic heterocycles. The smallest absolute Gasteiger partial charge is 0.275 e. The van der Waals surface area contributed by atoms with Gasteiger partial charge >= 0.3 is 0 Å². The van der Waals surface area contributed by atoms with Crippen LogP contribution in [0.3, 0.4) is 0 Å². The molecule has 5 heteroatoms. The molecule has 0 radical (unpaired) electrons. The third kappa shape index (κ3) is 4.42. The molecular weight excluding hydrogens is 366 g/mol. The lowest BCUT2D eigenvalue weighted by Gasteiger charge is -2.30. The first-order chi connectivity index (χ1) is 13.7. The van der Waals surface area contributed by atoms with E-state index in [1.54, 1.807) is 11.3 Å². The number of piperidine rings is 1. The van der Waals surface area contributed by atoms with E-state index < -0.39 is 0 Å². The lowest BCUT2D eigenvalue weighted by Crippen LogP contribution is -3.14. The first-order valence-corrected chi connectivity index (χ1v) is 11.0. The van der Waals surface area contributed by atoms with Crippen LogP contribution in [0.15, 0.2) is 48.5 Å². The number of carbonyl (C=O) groups excluding carboxylic acids is 1. The summed E-state index contributed by atoms with van der Waals surface area (Å²) in [5, 5.41) is 4.31. The molecule has 0 bridgehead atoms. The molecule has 3 aromatic rings. The number of nitrogens with zero attached hydrogens (tertiary/aromatic N) is 1. The maximum Gasteiger partial charge on any atom is 0.275 e. The second-order valence-electron chi connectivity index (χ2n) is 7.68. The van der Waals surface area contributed by atoms with E-state index in [-0.39, 0.29) is 5.91 Å². The summed E-state index contributed by atoms with van der Waals surface area (Å²) in [6, 6.07) is 17.0. The van der Waals surface area contributed by atoms with Crippen molar-refractivity contribution in [2.75, 3.05) is 19.6 Å². The maximum atomic E-state index is 12.6. The third-order valence-corrected chi connectivity index (χ3v) is 6.86. The van der Waals surface area contributed by atoms with Gasteiger partial charge in [0, 0.05) is 13.0 Å². The summed E-state index contributed by atoms with van der Waals surface area (Å²) < 4.78 is 1.24. The Morgan fingerprint density at radius 2 is 2.00 bits per heavy atom. The van der Waals surface area contributed by atoms with Crippen LogP contribution in [0.25, 0.3) is 10.2 Å². The maximum absolute atomic E-state index is 12.6. The zero-order chi connectivity index (χ0) is 19.3. The molecule has 1 aliphatic rings. The van der Waals surface area contributed by atoms with Crippen LogP contribution in [0.5, 0.6) is 0 Å². The van der Waals surface area contributed by atoms with E-state index in [1.165, 1.54) is 38.6 Å². The van der Waals surface area contributed by atoms with E-state index >= 15 is 0 Å². The van der Waals surface area contributed by atoms with Gasteiger partial charge in [-0.3, -0.25) is 4.79 Å². The summed E-state index contributed by atoms with van der Waals surface area (Å²) >= 11 is 1.79. The van der Waals surface area contributed by atoms with Gasteiger partial charge in [0.1, 0.15) is 6.04 Å². The molecule has 4 nitrogen and oxygen atoms in total. The highest BCUT2D eigenvalue weighted by atomic mass is 32.1. The number of thiazole rings is 1. The molecule has 2 N–H and O–H groups in total. The topological polar surface area (TPSA) is 46.4 Å². The molecule has 146 valence electrons. The highest BCUT2D eigenvalue weighted by molar-refractivity contribution is 7.18. The van der Waals surface area contributed by atoms with Gasteiger partial charge in [0.2, 0.25) is 0 Å². The fraction of sp³-hybridized carbons (Fsp3) is 0.391. The van der Waals surface area contributed by atoms with E-state index in [0.29, 0.717) is 19.1 Å². The number of likely N-dealkylation sites (tertiary alicyclic amines) is 1. The first kappa shape index (κ1) is 19.1. The van der Waals surface area contributed by atoms with Crippen LogP contribution in [0.2, 0.25) is 0 Å². The van der Waals surface area contributed by atoms with Crippen molar-refractivity contribution in [1.29, 1.82) is 0 Å². The van der Waals surface area contributed by atoms with Gasteiger partial charge in [-0.1, -0.05) is 36.4 Å². The second-order valence-corrected chi connectivity index (χ2v) is 8.74. The zero-order valence-corrected chi connectivity index (χ0v) is 17.2. The quantitative estimate of drug-likeness (QED) is 0.675. The van der Waals surface area contributed by atoms with Crippen molar-refractivity contribution in [2.24, 2.45) is 0 Å². The Morgan fingerprint density at radius 3 is 2.86 bits per heavy atom. The number of para-hydroxylation sites is 1. The van der Waals surface area contributed by atoms with Crippen molar-refractivity contribution in [1.82, 2.24) is 10.3 Å². The lowest BCUT2D eigenvalue weighted by molar-refractivity contribution is -0.929. The van der Waals surface area contributed by atoms with Gasteiger partial charge in [0.15, 0.2) is 11.6 Å². The van der Waals surface area contributed by atoms with E-state index in [2.05, 4.69) is 54.7 Å². The standard InChI is InChI=1S/C23H27N3OS/c1-17-8-2-3-9-18(17)13-14-24-22(27)16-26-15-7-6-11-20(26)23-25-19-10-4-5-12-21(19)28-23/h2-5,8-10,12,20H,6-7,11,13-16H2,1H3,(H,24,27)/p+1/t20-/m0/s1. The Labute approximate surface area is 170 Å². The Hall–Kier alpha value is -2.24. The van der Waals surface area contributed by atoms with Gasteiger partial charge in [-0.2, -0.15) is 0 Å². The zero-order valence-electron chi connectivity index (χ0n) is 16.4.